The van der Waals surface area contributed by atoms with Crippen molar-refractivity contribution in [2.75, 3.05) is 6.61 Å². The van der Waals surface area contributed by atoms with E-state index in [9.17, 15) is 5.11 Å². The minimum absolute atomic E-state index is 0.0922. The maximum Gasteiger partial charge on any atom is 0.0956 e. The number of nitrogens with zero attached hydrogens (tertiary/aromatic N) is 1. The first-order valence-electron chi connectivity index (χ1n) is 5.18. The molecule has 1 aliphatic carbocycles. The van der Waals surface area contributed by atoms with Gasteiger partial charge in [-0.15, -0.1) is 11.3 Å². The van der Waals surface area contributed by atoms with Crippen molar-refractivity contribution < 1.29 is 5.11 Å². The lowest BCUT2D eigenvalue weighted by atomic mass is 10.1. The Morgan fingerprint density at radius 3 is 2.50 bits per heavy atom. The minimum Gasteiger partial charge on any atom is -0.395 e. The van der Waals surface area contributed by atoms with Crippen LogP contribution in [0.25, 0.3) is 0 Å². The molecule has 2 nitrogen and oxygen atoms in total. The highest BCUT2D eigenvalue weighted by atomic mass is 32.1. The summed E-state index contributed by atoms with van der Waals surface area (Å²) in [4.78, 5) is 5.89. The monoisotopic (exact) mass is 211 g/mol. The molecular weight excluding hydrogens is 194 g/mol. The third kappa shape index (κ3) is 1.48. The normalized spacial score (nSPS) is 18.9. The third-order valence-corrected chi connectivity index (χ3v) is 4.65. The molecule has 1 aromatic rings. The predicted octanol–water partition coefficient (Wildman–Crippen LogP) is 2.60. The first kappa shape index (κ1) is 10.1. The van der Waals surface area contributed by atoms with Crippen LogP contribution >= 0.6 is 11.3 Å². The van der Waals surface area contributed by atoms with Crippen molar-refractivity contribution in [3.63, 3.8) is 0 Å². The maximum absolute atomic E-state index is 9.36. The van der Waals surface area contributed by atoms with E-state index < -0.39 is 0 Å². The van der Waals surface area contributed by atoms with Gasteiger partial charge in [-0.3, -0.25) is 0 Å². The van der Waals surface area contributed by atoms with Crippen molar-refractivity contribution in [1.29, 1.82) is 0 Å². The van der Waals surface area contributed by atoms with E-state index in [-0.39, 0.29) is 12.0 Å². The fourth-order valence-corrected chi connectivity index (χ4v) is 3.07. The number of hydrogen-bond acceptors (Lipinski definition) is 3. The molecule has 0 aliphatic heterocycles. The summed E-state index contributed by atoms with van der Waals surface area (Å²) in [5, 5.41) is 10.6. The number of aromatic nitrogens is 1. The molecule has 0 bridgehead atoms. The Kier molecular flexibility index (Phi) is 2.40. The van der Waals surface area contributed by atoms with Gasteiger partial charge in [-0.2, -0.15) is 0 Å². The second-order valence-corrected chi connectivity index (χ2v) is 5.59. The standard InChI is InChI=1S/C11H17NOS/c1-7(2)10-12-8(3)9(14-10)11(6-13)4-5-11/h7,13H,4-6H2,1-3H3. The number of aliphatic hydroxyl groups excluding tert-OH is 1. The Labute approximate surface area is 89.0 Å². The van der Waals surface area contributed by atoms with Crippen LogP contribution in [0.15, 0.2) is 0 Å². The van der Waals surface area contributed by atoms with Gasteiger partial charge in [0.25, 0.3) is 0 Å². The number of aliphatic hydroxyl groups is 1. The van der Waals surface area contributed by atoms with Crippen molar-refractivity contribution in [3.05, 3.63) is 15.6 Å². The van der Waals surface area contributed by atoms with Crippen LogP contribution in [0.2, 0.25) is 0 Å². The fourth-order valence-electron chi connectivity index (χ4n) is 1.76. The summed E-state index contributed by atoms with van der Waals surface area (Å²) in [5.74, 6) is 0.502. The number of aryl methyl sites for hydroxylation is 1. The van der Waals surface area contributed by atoms with E-state index >= 15 is 0 Å². The molecule has 1 saturated carbocycles. The SMILES string of the molecule is Cc1nc(C(C)C)sc1C1(CO)CC1. The highest BCUT2D eigenvalue weighted by molar-refractivity contribution is 7.12. The van der Waals surface area contributed by atoms with Crippen molar-refractivity contribution in [1.82, 2.24) is 4.98 Å². The van der Waals surface area contributed by atoms with Gasteiger partial charge in [0, 0.05) is 16.2 Å². The molecule has 1 aliphatic rings. The molecule has 0 aromatic carbocycles. The van der Waals surface area contributed by atoms with Gasteiger partial charge in [0.15, 0.2) is 0 Å². The Morgan fingerprint density at radius 1 is 1.50 bits per heavy atom. The Balaban J connectivity index is 2.35. The molecule has 0 saturated heterocycles. The number of hydrogen-bond donors (Lipinski definition) is 1. The van der Waals surface area contributed by atoms with Crippen LogP contribution in [0.5, 0.6) is 0 Å². The van der Waals surface area contributed by atoms with Gasteiger partial charge in [0.05, 0.1) is 17.3 Å². The van der Waals surface area contributed by atoms with Gasteiger partial charge in [0.2, 0.25) is 0 Å². The van der Waals surface area contributed by atoms with Crippen molar-refractivity contribution >= 4 is 11.3 Å². The lowest BCUT2D eigenvalue weighted by Gasteiger charge is -2.08. The lowest BCUT2D eigenvalue weighted by molar-refractivity contribution is 0.256. The van der Waals surface area contributed by atoms with E-state index in [0.717, 1.165) is 18.5 Å². The summed E-state index contributed by atoms with van der Waals surface area (Å²) in [6.45, 7) is 6.68. The molecule has 1 heterocycles. The van der Waals surface area contributed by atoms with E-state index in [1.54, 1.807) is 11.3 Å². The fraction of sp³-hybridized carbons (Fsp3) is 0.727. The van der Waals surface area contributed by atoms with Gasteiger partial charge >= 0.3 is 0 Å². The van der Waals surface area contributed by atoms with Crippen LogP contribution in [0.4, 0.5) is 0 Å². The van der Waals surface area contributed by atoms with E-state index in [1.807, 2.05) is 0 Å². The summed E-state index contributed by atoms with van der Waals surface area (Å²) in [7, 11) is 0. The first-order valence-corrected chi connectivity index (χ1v) is 5.99. The predicted molar refractivity (Wildman–Crippen MR) is 58.9 cm³/mol. The van der Waals surface area contributed by atoms with Gasteiger partial charge in [-0.25, -0.2) is 4.98 Å². The molecular formula is C11H17NOS. The molecule has 2 rings (SSSR count). The zero-order valence-corrected chi connectivity index (χ0v) is 9.82. The van der Waals surface area contributed by atoms with E-state index in [0.29, 0.717) is 5.92 Å². The Hall–Kier alpha value is -0.410. The van der Waals surface area contributed by atoms with E-state index in [4.69, 9.17) is 0 Å². The molecule has 1 aromatic heterocycles. The van der Waals surface area contributed by atoms with Crippen molar-refractivity contribution in [3.8, 4) is 0 Å². The molecule has 0 unspecified atom stereocenters. The molecule has 78 valence electrons. The molecule has 0 atom stereocenters. The number of rotatable bonds is 3. The Morgan fingerprint density at radius 2 is 2.14 bits per heavy atom. The van der Waals surface area contributed by atoms with E-state index in [2.05, 4.69) is 25.8 Å². The topological polar surface area (TPSA) is 33.1 Å². The van der Waals surface area contributed by atoms with Crippen molar-refractivity contribution in [2.24, 2.45) is 0 Å². The molecule has 1 N–H and O–H groups in total. The smallest absolute Gasteiger partial charge is 0.0956 e. The van der Waals surface area contributed by atoms with Crippen LogP contribution in [0.3, 0.4) is 0 Å². The summed E-state index contributed by atoms with van der Waals surface area (Å²) in [5.41, 5.74) is 1.22. The lowest BCUT2D eigenvalue weighted by Crippen LogP contribution is -2.11. The molecule has 1 fully saturated rings. The molecule has 3 heteroatoms. The highest BCUT2D eigenvalue weighted by Crippen LogP contribution is 2.51. The first-order chi connectivity index (χ1) is 6.59. The second-order valence-electron chi connectivity index (χ2n) is 4.56. The highest BCUT2D eigenvalue weighted by Gasteiger charge is 2.46. The van der Waals surface area contributed by atoms with Gasteiger partial charge in [0.1, 0.15) is 0 Å². The average molecular weight is 211 g/mol. The van der Waals surface area contributed by atoms with Crippen LogP contribution in [0, 0.1) is 6.92 Å². The van der Waals surface area contributed by atoms with Gasteiger partial charge in [-0.1, -0.05) is 13.8 Å². The summed E-state index contributed by atoms with van der Waals surface area (Å²) >= 11 is 1.79. The quantitative estimate of drug-likeness (QED) is 0.833. The second kappa shape index (κ2) is 3.31. The van der Waals surface area contributed by atoms with Gasteiger partial charge in [-0.05, 0) is 19.8 Å². The zero-order valence-electron chi connectivity index (χ0n) is 9.00. The van der Waals surface area contributed by atoms with Crippen LogP contribution in [-0.4, -0.2) is 16.7 Å². The van der Waals surface area contributed by atoms with Gasteiger partial charge < -0.3 is 5.11 Å². The third-order valence-electron chi connectivity index (χ3n) is 2.94. The summed E-state index contributed by atoms with van der Waals surface area (Å²) in [6.07, 6.45) is 2.26. The van der Waals surface area contributed by atoms with Crippen molar-refractivity contribution in [2.45, 2.75) is 44.9 Å². The average Bonchev–Trinajstić information content (AvgIpc) is 2.84. The number of thiazole rings is 1. The van der Waals surface area contributed by atoms with Crippen LogP contribution < -0.4 is 0 Å². The van der Waals surface area contributed by atoms with E-state index in [1.165, 1.54) is 9.88 Å². The largest absolute Gasteiger partial charge is 0.395 e. The molecule has 0 spiro atoms. The maximum atomic E-state index is 9.36. The molecule has 0 amide bonds. The Bertz CT molecular complexity index is 339. The molecule has 14 heavy (non-hydrogen) atoms. The minimum atomic E-state index is 0.0922. The summed E-state index contributed by atoms with van der Waals surface area (Å²) in [6, 6.07) is 0. The molecule has 0 radical (unpaired) electrons. The summed E-state index contributed by atoms with van der Waals surface area (Å²) < 4.78 is 0. The zero-order chi connectivity index (χ0) is 10.3. The van der Waals surface area contributed by atoms with Crippen LogP contribution in [-0.2, 0) is 5.41 Å². The van der Waals surface area contributed by atoms with Crippen LogP contribution in [0.1, 0.15) is 48.2 Å².